The summed E-state index contributed by atoms with van der Waals surface area (Å²) in [6, 6.07) is 2.82. The lowest BCUT2D eigenvalue weighted by Crippen LogP contribution is -2.26. The number of carbonyl (C=O) groups is 1. The molecule has 1 saturated carbocycles. The van der Waals surface area contributed by atoms with Crippen molar-refractivity contribution in [2.45, 2.75) is 38.0 Å². The van der Waals surface area contributed by atoms with Crippen molar-refractivity contribution in [2.24, 2.45) is 5.73 Å². The Labute approximate surface area is 162 Å². The second-order valence-electron chi connectivity index (χ2n) is 6.38. The van der Waals surface area contributed by atoms with Crippen molar-refractivity contribution >= 4 is 17.5 Å². The largest absolute Gasteiger partial charge is 0.465 e. The van der Waals surface area contributed by atoms with Crippen LogP contribution in [0.2, 0.25) is 0 Å². The van der Waals surface area contributed by atoms with Crippen molar-refractivity contribution in [1.82, 2.24) is 10.3 Å². The highest BCUT2D eigenvalue weighted by Gasteiger charge is 2.34. The number of aromatic nitrogens is 1. The Morgan fingerprint density at radius 3 is 2.38 bits per heavy atom. The zero-order valence-corrected chi connectivity index (χ0v) is 15.2. The van der Waals surface area contributed by atoms with Gasteiger partial charge in [-0.2, -0.15) is 13.2 Å². The first-order chi connectivity index (χ1) is 13.5. The summed E-state index contributed by atoms with van der Waals surface area (Å²) < 4.78 is 66.6. The van der Waals surface area contributed by atoms with Gasteiger partial charge in [-0.3, -0.25) is 4.98 Å². The molecular formula is C18H19F5N4O2. The number of pyridine rings is 1. The summed E-state index contributed by atoms with van der Waals surface area (Å²) in [5.74, 6) is -2.13. The maximum Gasteiger partial charge on any atom is 0.418 e. The molecule has 0 bridgehead atoms. The maximum absolute atomic E-state index is 14.0. The molecule has 1 amide bonds. The predicted octanol–water partition coefficient (Wildman–Crippen LogP) is 4.56. The molecule has 1 aliphatic rings. The van der Waals surface area contributed by atoms with E-state index in [1.165, 1.54) is 19.8 Å². The first-order valence-electron chi connectivity index (χ1n) is 8.52. The van der Waals surface area contributed by atoms with E-state index in [1.807, 2.05) is 5.32 Å². The Morgan fingerprint density at radius 1 is 1.28 bits per heavy atom. The van der Waals surface area contributed by atoms with Gasteiger partial charge >= 0.3 is 12.3 Å². The number of hydrogen-bond acceptors (Lipinski definition) is 4. The van der Waals surface area contributed by atoms with E-state index >= 15 is 0 Å². The van der Waals surface area contributed by atoms with E-state index in [-0.39, 0.29) is 11.4 Å². The molecule has 11 heteroatoms. The summed E-state index contributed by atoms with van der Waals surface area (Å²) in [5, 5.41) is 12.8. The summed E-state index contributed by atoms with van der Waals surface area (Å²) in [7, 11) is 0. The molecular weight excluding hydrogens is 399 g/mol. The smallest absolute Gasteiger partial charge is 0.418 e. The van der Waals surface area contributed by atoms with Crippen molar-refractivity contribution in [1.29, 1.82) is 0 Å². The molecule has 1 aliphatic carbocycles. The van der Waals surface area contributed by atoms with Crippen LogP contribution in [-0.4, -0.2) is 22.2 Å². The lowest BCUT2D eigenvalue weighted by atomic mass is 10.1. The number of hydrogen-bond donors (Lipinski definition) is 4. The standard InChI is InChI=1S/C15H12F5N3O2.C3H7N/c1-7(22-14(24)25)12-11(17)5-8(6-21-12)23-13-9(15(18,19)20)3-2-4-10(13)16;4-3-1-2-3/h2-7,22-23H,1H3,(H,24,25);3H,1-2,4H2. The highest BCUT2D eigenvalue weighted by Crippen LogP contribution is 2.37. The van der Waals surface area contributed by atoms with Gasteiger partial charge in [0.1, 0.15) is 11.6 Å². The number of para-hydroxylation sites is 1. The van der Waals surface area contributed by atoms with Gasteiger partial charge in [-0.15, -0.1) is 0 Å². The Hall–Kier alpha value is -2.95. The summed E-state index contributed by atoms with van der Waals surface area (Å²) >= 11 is 0. The van der Waals surface area contributed by atoms with Crippen LogP contribution in [-0.2, 0) is 6.18 Å². The van der Waals surface area contributed by atoms with E-state index in [9.17, 15) is 26.7 Å². The van der Waals surface area contributed by atoms with E-state index in [2.05, 4.69) is 10.3 Å². The molecule has 2 aromatic rings. The number of rotatable bonds is 4. The molecule has 0 radical (unpaired) electrons. The van der Waals surface area contributed by atoms with Crippen LogP contribution >= 0.6 is 0 Å². The zero-order chi connectivity index (χ0) is 21.8. The summed E-state index contributed by atoms with van der Waals surface area (Å²) in [4.78, 5) is 14.2. The number of nitrogens with zero attached hydrogens (tertiary/aromatic N) is 1. The zero-order valence-electron chi connectivity index (χ0n) is 15.2. The van der Waals surface area contributed by atoms with Crippen molar-refractivity contribution in [3.63, 3.8) is 0 Å². The summed E-state index contributed by atoms with van der Waals surface area (Å²) in [6.45, 7) is 1.34. The number of nitrogens with one attached hydrogen (secondary N) is 2. The van der Waals surface area contributed by atoms with E-state index in [0.717, 1.165) is 24.4 Å². The first-order valence-corrected chi connectivity index (χ1v) is 8.52. The molecule has 5 N–H and O–H groups in total. The third kappa shape index (κ3) is 6.56. The highest BCUT2D eigenvalue weighted by molar-refractivity contribution is 5.66. The molecule has 6 nitrogen and oxygen atoms in total. The Bertz CT molecular complexity index is 872. The van der Waals surface area contributed by atoms with E-state index < -0.39 is 41.2 Å². The van der Waals surface area contributed by atoms with Gasteiger partial charge in [-0.25, -0.2) is 13.6 Å². The topological polar surface area (TPSA) is 100 Å². The second kappa shape index (κ2) is 9.03. The van der Waals surface area contributed by atoms with Crippen LogP contribution in [0.3, 0.4) is 0 Å². The van der Waals surface area contributed by atoms with Crippen LogP contribution in [0.25, 0.3) is 0 Å². The van der Waals surface area contributed by atoms with Gasteiger partial charge in [0, 0.05) is 12.1 Å². The fourth-order valence-electron chi connectivity index (χ4n) is 2.22. The molecule has 1 aromatic heterocycles. The molecule has 1 unspecified atom stereocenters. The van der Waals surface area contributed by atoms with E-state index in [1.54, 1.807) is 0 Å². The Kier molecular flexibility index (Phi) is 6.96. The lowest BCUT2D eigenvalue weighted by Gasteiger charge is -2.16. The molecule has 1 aromatic carbocycles. The minimum absolute atomic E-state index is 0.223. The molecule has 0 spiro atoms. The van der Waals surface area contributed by atoms with Crippen LogP contribution in [0.15, 0.2) is 30.5 Å². The molecule has 3 rings (SSSR count). The van der Waals surface area contributed by atoms with Gasteiger partial charge < -0.3 is 21.5 Å². The number of alkyl halides is 3. The van der Waals surface area contributed by atoms with Crippen LogP contribution < -0.4 is 16.4 Å². The predicted molar refractivity (Wildman–Crippen MR) is 95.7 cm³/mol. The van der Waals surface area contributed by atoms with Crippen LogP contribution in [0.1, 0.15) is 37.1 Å². The van der Waals surface area contributed by atoms with Crippen molar-refractivity contribution < 1.29 is 31.9 Å². The van der Waals surface area contributed by atoms with Crippen molar-refractivity contribution in [3.05, 3.63) is 53.4 Å². The molecule has 1 atom stereocenters. The van der Waals surface area contributed by atoms with Crippen LogP contribution in [0.5, 0.6) is 0 Å². The number of carboxylic acid groups (broad SMARTS) is 1. The van der Waals surface area contributed by atoms with Gasteiger partial charge in [0.05, 0.1) is 34.9 Å². The van der Waals surface area contributed by atoms with E-state index in [4.69, 9.17) is 10.8 Å². The average molecular weight is 418 g/mol. The van der Waals surface area contributed by atoms with Gasteiger partial charge in [0.2, 0.25) is 0 Å². The second-order valence-corrected chi connectivity index (χ2v) is 6.38. The fourth-order valence-corrected chi connectivity index (χ4v) is 2.22. The van der Waals surface area contributed by atoms with Crippen molar-refractivity contribution in [3.8, 4) is 0 Å². The number of amides is 1. The molecule has 0 aliphatic heterocycles. The van der Waals surface area contributed by atoms with E-state index in [0.29, 0.717) is 12.1 Å². The van der Waals surface area contributed by atoms with Crippen LogP contribution in [0.4, 0.5) is 38.1 Å². The monoisotopic (exact) mass is 418 g/mol. The number of halogens is 5. The number of anilines is 2. The maximum atomic E-state index is 14.0. The minimum Gasteiger partial charge on any atom is -0.465 e. The summed E-state index contributed by atoms with van der Waals surface area (Å²) in [6.07, 6.45) is -2.70. The average Bonchev–Trinajstić information content (AvgIpc) is 3.38. The normalized spacial score (nSPS) is 14.4. The van der Waals surface area contributed by atoms with Gasteiger partial charge in [-0.1, -0.05) is 6.07 Å². The first kappa shape index (κ1) is 22.3. The highest BCUT2D eigenvalue weighted by atomic mass is 19.4. The lowest BCUT2D eigenvalue weighted by molar-refractivity contribution is -0.137. The Balaban J connectivity index is 0.000000666. The van der Waals surface area contributed by atoms with Crippen molar-refractivity contribution in [2.75, 3.05) is 5.32 Å². The van der Waals surface area contributed by atoms with Crippen LogP contribution in [0, 0.1) is 11.6 Å². The van der Waals surface area contributed by atoms with Gasteiger partial charge in [0.15, 0.2) is 0 Å². The molecule has 29 heavy (non-hydrogen) atoms. The third-order valence-corrected chi connectivity index (χ3v) is 3.83. The SMILES string of the molecule is CC(NC(=O)O)c1ncc(Nc2c(F)cccc2C(F)(F)F)cc1F.NC1CC1. The number of benzene rings is 1. The van der Waals surface area contributed by atoms with Gasteiger partial charge in [0.25, 0.3) is 0 Å². The quantitative estimate of drug-likeness (QED) is 0.546. The summed E-state index contributed by atoms with van der Waals surface area (Å²) in [5.41, 5.74) is 2.63. The Morgan fingerprint density at radius 2 is 1.90 bits per heavy atom. The third-order valence-electron chi connectivity index (χ3n) is 3.83. The molecule has 158 valence electrons. The molecule has 0 saturated heterocycles. The fraction of sp³-hybridized carbons (Fsp3) is 0.333. The number of nitrogens with two attached hydrogens (primary N) is 1. The van der Waals surface area contributed by atoms with Gasteiger partial charge in [-0.05, 0) is 31.9 Å². The molecule has 1 fully saturated rings. The molecule has 1 heterocycles. The minimum atomic E-state index is -4.81.